The van der Waals surface area contributed by atoms with Gasteiger partial charge in [-0.05, 0) is 36.8 Å². The quantitative estimate of drug-likeness (QED) is 0.630. The number of nitrogens with one attached hydrogen (secondary N) is 2. The number of nitrogens with zero attached hydrogens (tertiary/aromatic N) is 1. The van der Waals surface area contributed by atoms with Gasteiger partial charge in [0.05, 0.1) is 21.8 Å². The smallest absolute Gasteiger partial charge is 0.328 e. The highest BCUT2D eigenvalue weighted by Gasteiger charge is 2.13. The Morgan fingerprint density at radius 3 is 2.41 bits per heavy atom. The Balaban J connectivity index is 1.70. The van der Waals surface area contributed by atoms with Crippen molar-refractivity contribution in [2.75, 3.05) is 6.26 Å². The molecule has 3 rings (SSSR count). The molecular formula is C20H21N3O5S. The van der Waals surface area contributed by atoms with Crippen LogP contribution in [0.3, 0.4) is 0 Å². The molecule has 0 bridgehead atoms. The van der Waals surface area contributed by atoms with E-state index in [1.54, 1.807) is 43.3 Å². The summed E-state index contributed by atoms with van der Waals surface area (Å²) in [6.07, 6.45) is 1.18. The summed E-state index contributed by atoms with van der Waals surface area (Å²) in [5, 5.41) is 3.21. The lowest BCUT2D eigenvalue weighted by Gasteiger charge is -2.15. The molecule has 3 aromatic rings. The van der Waals surface area contributed by atoms with E-state index in [1.807, 2.05) is 0 Å². The lowest BCUT2D eigenvalue weighted by Crippen LogP contribution is -2.33. The van der Waals surface area contributed by atoms with E-state index >= 15 is 0 Å². The van der Waals surface area contributed by atoms with Gasteiger partial charge in [-0.25, -0.2) is 13.2 Å². The first-order chi connectivity index (χ1) is 13.7. The van der Waals surface area contributed by atoms with Crippen molar-refractivity contribution in [3.05, 3.63) is 74.9 Å². The number of aromatic amines is 1. The number of carbonyl (C=O) groups excluding carboxylic acids is 1. The number of amides is 1. The molecule has 1 heterocycles. The number of sulfone groups is 1. The molecule has 0 aliphatic carbocycles. The van der Waals surface area contributed by atoms with E-state index in [0.717, 1.165) is 11.8 Å². The number of para-hydroxylation sites is 1. The summed E-state index contributed by atoms with van der Waals surface area (Å²) in [6.45, 7) is 1.90. The maximum atomic E-state index is 12.3. The zero-order chi connectivity index (χ0) is 21.2. The van der Waals surface area contributed by atoms with Crippen molar-refractivity contribution >= 4 is 26.6 Å². The molecule has 2 N–H and O–H groups in total. The topological polar surface area (TPSA) is 118 Å². The second-order valence-corrected chi connectivity index (χ2v) is 8.82. The van der Waals surface area contributed by atoms with Gasteiger partial charge in [0.25, 0.3) is 5.56 Å². The predicted octanol–water partition coefficient (Wildman–Crippen LogP) is 1.36. The maximum Gasteiger partial charge on any atom is 0.328 e. The van der Waals surface area contributed by atoms with E-state index in [-0.39, 0.29) is 29.8 Å². The van der Waals surface area contributed by atoms with Gasteiger partial charge in [0.2, 0.25) is 5.91 Å². The first-order valence-corrected chi connectivity index (χ1v) is 10.9. The van der Waals surface area contributed by atoms with Crippen LogP contribution in [0.2, 0.25) is 0 Å². The summed E-state index contributed by atoms with van der Waals surface area (Å²) in [5.74, 6) is -0.271. The molecule has 0 saturated carbocycles. The standard InChI is InChI=1S/C20H21N3O5S/c1-13(14-7-9-15(10-8-14)29(2,27)28)21-18(24)11-12-23-17-6-4-3-5-16(17)19(25)22-20(23)26/h3-10,13H,11-12H2,1-2H3,(H,21,24)(H,22,25,26). The molecule has 0 fully saturated rings. The van der Waals surface area contributed by atoms with E-state index in [4.69, 9.17) is 0 Å². The Bertz CT molecular complexity index is 1270. The Hall–Kier alpha value is -3.20. The van der Waals surface area contributed by atoms with Crippen LogP contribution in [-0.4, -0.2) is 30.1 Å². The fourth-order valence-electron chi connectivity index (χ4n) is 3.08. The number of H-pyrrole nitrogens is 1. The molecule has 0 aliphatic heterocycles. The van der Waals surface area contributed by atoms with E-state index in [9.17, 15) is 22.8 Å². The highest BCUT2D eigenvalue weighted by molar-refractivity contribution is 7.90. The summed E-state index contributed by atoms with van der Waals surface area (Å²) in [4.78, 5) is 38.9. The number of carbonyl (C=O) groups is 1. The van der Waals surface area contributed by atoms with Gasteiger partial charge in [-0.2, -0.15) is 0 Å². The third kappa shape index (κ3) is 4.62. The number of rotatable bonds is 6. The Morgan fingerprint density at radius 2 is 1.76 bits per heavy atom. The average molecular weight is 415 g/mol. The molecule has 8 nitrogen and oxygen atoms in total. The highest BCUT2D eigenvalue weighted by Crippen LogP contribution is 2.16. The number of fused-ring (bicyclic) bond motifs is 1. The molecule has 0 radical (unpaired) electrons. The van der Waals surface area contributed by atoms with E-state index in [2.05, 4.69) is 10.3 Å². The summed E-state index contributed by atoms with van der Waals surface area (Å²) >= 11 is 0. The summed E-state index contributed by atoms with van der Waals surface area (Å²) in [7, 11) is -3.28. The van der Waals surface area contributed by atoms with Crippen LogP contribution in [0.25, 0.3) is 10.9 Å². The van der Waals surface area contributed by atoms with Crippen LogP contribution in [0, 0.1) is 0 Å². The molecule has 2 aromatic carbocycles. The van der Waals surface area contributed by atoms with Gasteiger partial charge >= 0.3 is 5.69 Å². The lowest BCUT2D eigenvalue weighted by atomic mass is 10.1. The highest BCUT2D eigenvalue weighted by atomic mass is 32.2. The average Bonchev–Trinajstić information content (AvgIpc) is 2.67. The lowest BCUT2D eigenvalue weighted by molar-refractivity contribution is -0.121. The molecule has 0 spiro atoms. The minimum absolute atomic E-state index is 0.0434. The summed E-state index contributed by atoms with van der Waals surface area (Å²) in [6, 6.07) is 12.7. The fourth-order valence-corrected chi connectivity index (χ4v) is 3.71. The number of aromatic nitrogens is 2. The SMILES string of the molecule is CC(NC(=O)CCn1c(=O)[nH]c(=O)c2ccccc21)c1ccc(S(C)(=O)=O)cc1. The van der Waals surface area contributed by atoms with E-state index in [0.29, 0.717) is 10.9 Å². The van der Waals surface area contributed by atoms with Crippen LogP contribution in [0.5, 0.6) is 0 Å². The fraction of sp³-hybridized carbons (Fsp3) is 0.250. The largest absolute Gasteiger partial charge is 0.350 e. The Morgan fingerprint density at radius 1 is 1.10 bits per heavy atom. The normalized spacial score (nSPS) is 12.6. The Labute approximate surface area is 167 Å². The molecular weight excluding hydrogens is 394 g/mol. The van der Waals surface area contributed by atoms with Gasteiger partial charge in [0.1, 0.15) is 0 Å². The van der Waals surface area contributed by atoms with Gasteiger partial charge in [-0.1, -0.05) is 24.3 Å². The van der Waals surface area contributed by atoms with Crippen molar-refractivity contribution in [1.82, 2.24) is 14.9 Å². The molecule has 0 saturated heterocycles. The van der Waals surface area contributed by atoms with Crippen molar-refractivity contribution < 1.29 is 13.2 Å². The molecule has 152 valence electrons. The van der Waals surface area contributed by atoms with Crippen molar-refractivity contribution in [1.29, 1.82) is 0 Å². The second kappa shape index (κ2) is 8.04. The minimum Gasteiger partial charge on any atom is -0.350 e. The maximum absolute atomic E-state index is 12.3. The molecule has 1 amide bonds. The number of hydrogen-bond donors (Lipinski definition) is 2. The predicted molar refractivity (Wildman–Crippen MR) is 110 cm³/mol. The number of hydrogen-bond acceptors (Lipinski definition) is 5. The number of benzene rings is 2. The zero-order valence-electron chi connectivity index (χ0n) is 16.0. The van der Waals surface area contributed by atoms with Crippen molar-refractivity contribution in [2.24, 2.45) is 0 Å². The van der Waals surface area contributed by atoms with Crippen LogP contribution >= 0.6 is 0 Å². The second-order valence-electron chi connectivity index (χ2n) is 6.81. The van der Waals surface area contributed by atoms with Crippen LogP contribution in [0.15, 0.2) is 63.0 Å². The van der Waals surface area contributed by atoms with Gasteiger partial charge < -0.3 is 5.32 Å². The molecule has 29 heavy (non-hydrogen) atoms. The zero-order valence-corrected chi connectivity index (χ0v) is 16.8. The third-order valence-corrected chi connectivity index (χ3v) is 5.78. The first kappa shape index (κ1) is 20.5. The van der Waals surface area contributed by atoms with Crippen LogP contribution in [0.4, 0.5) is 0 Å². The summed E-state index contributed by atoms with van der Waals surface area (Å²) in [5.41, 5.74) is 0.208. The van der Waals surface area contributed by atoms with Crippen LogP contribution in [-0.2, 0) is 21.2 Å². The van der Waals surface area contributed by atoms with Crippen LogP contribution in [0.1, 0.15) is 24.9 Å². The molecule has 1 unspecified atom stereocenters. The molecule has 1 aromatic heterocycles. The van der Waals surface area contributed by atoms with E-state index in [1.165, 1.54) is 16.7 Å². The van der Waals surface area contributed by atoms with E-state index < -0.39 is 21.1 Å². The summed E-state index contributed by atoms with van der Waals surface area (Å²) < 4.78 is 24.4. The van der Waals surface area contributed by atoms with Crippen LogP contribution < -0.4 is 16.6 Å². The van der Waals surface area contributed by atoms with Crippen molar-refractivity contribution in [3.8, 4) is 0 Å². The van der Waals surface area contributed by atoms with Gasteiger partial charge in [-0.3, -0.25) is 19.1 Å². The van der Waals surface area contributed by atoms with Gasteiger partial charge in [0, 0.05) is 19.2 Å². The monoisotopic (exact) mass is 415 g/mol. The minimum atomic E-state index is -3.28. The number of aryl methyl sites for hydroxylation is 1. The van der Waals surface area contributed by atoms with Gasteiger partial charge in [0.15, 0.2) is 9.84 Å². The molecule has 0 aliphatic rings. The van der Waals surface area contributed by atoms with Gasteiger partial charge in [-0.15, -0.1) is 0 Å². The Kier molecular flexibility index (Phi) is 5.69. The third-order valence-electron chi connectivity index (χ3n) is 4.65. The first-order valence-electron chi connectivity index (χ1n) is 8.98. The molecule has 9 heteroatoms. The van der Waals surface area contributed by atoms with Crippen molar-refractivity contribution in [2.45, 2.75) is 30.8 Å². The molecule has 1 atom stereocenters. The van der Waals surface area contributed by atoms with Crippen molar-refractivity contribution in [3.63, 3.8) is 0 Å².